The molecule has 0 bridgehead atoms. The maximum absolute atomic E-state index is 12.8. The second-order valence-electron chi connectivity index (χ2n) is 7.26. The molecule has 6 nitrogen and oxygen atoms in total. The number of hydrogen-bond donors (Lipinski definition) is 2. The molecule has 2 fully saturated rings. The van der Waals surface area contributed by atoms with Crippen LogP contribution in [0.25, 0.3) is 11.4 Å². The highest BCUT2D eigenvalue weighted by molar-refractivity contribution is 6.30. The number of fused-ring (bicyclic) bond motifs is 1. The van der Waals surface area contributed by atoms with E-state index in [4.69, 9.17) is 16.1 Å². The summed E-state index contributed by atoms with van der Waals surface area (Å²) in [6.07, 6.45) is 5.02. The van der Waals surface area contributed by atoms with Crippen molar-refractivity contribution in [2.75, 3.05) is 19.6 Å². The molecule has 2 heterocycles. The number of rotatable bonds is 5. The molecular formula is C19H24Cl2N4O2. The molecule has 8 heteroatoms. The fraction of sp³-hybridized carbons (Fsp3) is 0.526. The van der Waals surface area contributed by atoms with E-state index in [2.05, 4.69) is 20.8 Å². The van der Waals surface area contributed by atoms with Gasteiger partial charge < -0.3 is 15.2 Å². The summed E-state index contributed by atoms with van der Waals surface area (Å²) in [4.78, 5) is 17.2. The van der Waals surface area contributed by atoms with E-state index in [1.165, 1.54) is 6.42 Å². The van der Waals surface area contributed by atoms with Gasteiger partial charge in [0.25, 0.3) is 0 Å². The van der Waals surface area contributed by atoms with Crippen molar-refractivity contribution in [3.05, 3.63) is 35.2 Å². The summed E-state index contributed by atoms with van der Waals surface area (Å²) >= 11 is 6.00. The van der Waals surface area contributed by atoms with Crippen LogP contribution in [0.3, 0.4) is 0 Å². The lowest BCUT2D eigenvalue weighted by atomic mass is 9.67. The highest BCUT2D eigenvalue weighted by atomic mass is 35.5. The Morgan fingerprint density at radius 1 is 1.41 bits per heavy atom. The van der Waals surface area contributed by atoms with Crippen LogP contribution in [-0.4, -0.2) is 35.7 Å². The van der Waals surface area contributed by atoms with E-state index in [9.17, 15) is 4.79 Å². The number of carbonyl (C=O) groups is 1. The fourth-order valence-electron chi connectivity index (χ4n) is 4.25. The van der Waals surface area contributed by atoms with Crippen molar-refractivity contribution in [2.45, 2.75) is 32.1 Å². The van der Waals surface area contributed by atoms with Gasteiger partial charge in [-0.1, -0.05) is 41.7 Å². The average molecular weight is 411 g/mol. The first kappa shape index (κ1) is 20.1. The number of amides is 1. The second kappa shape index (κ2) is 8.59. The second-order valence-corrected chi connectivity index (χ2v) is 7.69. The molecule has 2 N–H and O–H groups in total. The molecule has 1 amide bonds. The van der Waals surface area contributed by atoms with Gasteiger partial charge in [0.15, 0.2) is 0 Å². The topological polar surface area (TPSA) is 80.1 Å². The minimum absolute atomic E-state index is 0. The first-order chi connectivity index (χ1) is 12.7. The summed E-state index contributed by atoms with van der Waals surface area (Å²) in [6.45, 7) is 2.26. The highest BCUT2D eigenvalue weighted by Crippen LogP contribution is 2.43. The number of nitrogens with one attached hydrogen (secondary N) is 2. The van der Waals surface area contributed by atoms with Gasteiger partial charge in [0.05, 0.1) is 5.41 Å². The van der Waals surface area contributed by atoms with Crippen LogP contribution in [0.5, 0.6) is 0 Å². The van der Waals surface area contributed by atoms with E-state index >= 15 is 0 Å². The van der Waals surface area contributed by atoms with Gasteiger partial charge in [-0.2, -0.15) is 4.98 Å². The predicted octanol–water partition coefficient (Wildman–Crippen LogP) is 3.25. The molecule has 1 aromatic carbocycles. The Kier molecular flexibility index (Phi) is 6.40. The molecule has 2 atom stereocenters. The maximum atomic E-state index is 12.8. The monoisotopic (exact) mass is 410 g/mol. The highest BCUT2D eigenvalue weighted by Gasteiger charge is 2.49. The lowest BCUT2D eigenvalue weighted by Gasteiger charge is -2.37. The molecule has 1 aliphatic heterocycles. The first-order valence-electron chi connectivity index (χ1n) is 9.25. The van der Waals surface area contributed by atoms with Gasteiger partial charge in [0.1, 0.15) is 0 Å². The van der Waals surface area contributed by atoms with Crippen molar-refractivity contribution < 1.29 is 9.32 Å². The Labute approximate surface area is 169 Å². The summed E-state index contributed by atoms with van der Waals surface area (Å²) < 4.78 is 5.30. The first-order valence-corrected chi connectivity index (χ1v) is 9.63. The summed E-state index contributed by atoms with van der Waals surface area (Å²) in [6, 6.07) is 7.34. The lowest BCUT2D eigenvalue weighted by molar-refractivity contribution is -0.133. The molecular weight excluding hydrogens is 387 g/mol. The maximum Gasteiger partial charge on any atom is 0.228 e. The van der Waals surface area contributed by atoms with Gasteiger partial charge in [0.2, 0.25) is 17.6 Å². The third-order valence-corrected chi connectivity index (χ3v) is 5.90. The van der Waals surface area contributed by atoms with Crippen LogP contribution in [0.1, 0.15) is 31.6 Å². The molecule has 2 aromatic rings. The number of hydrogen-bond acceptors (Lipinski definition) is 5. The third-order valence-electron chi connectivity index (χ3n) is 5.67. The van der Waals surface area contributed by atoms with Crippen LogP contribution in [0.2, 0.25) is 5.02 Å². The standard InChI is InChI=1S/C19H23ClN4O2.ClH/c20-15-6-3-4-13(10-15)17-23-16(26-24-17)7-9-22-18(25)19-8-2-1-5-14(19)11-21-12-19;/h3-4,6,10,14,21H,1-2,5,7-9,11-12H2,(H,22,25);1H/t14-,19+;/m0./s1. The van der Waals surface area contributed by atoms with Crippen molar-refractivity contribution >= 4 is 29.9 Å². The molecule has 0 unspecified atom stereocenters. The predicted molar refractivity (Wildman–Crippen MR) is 106 cm³/mol. The van der Waals surface area contributed by atoms with Crippen molar-refractivity contribution in [3.8, 4) is 11.4 Å². The van der Waals surface area contributed by atoms with Gasteiger partial charge >= 0.3 is 0 Å². The molecule has 146 valence electrons. The van der Waals surface area contributed by atoms with Crippen molar-refractivity contribution in [3.63, 3.8) is 0 Å². The number of nitrogens with zero attached hydrogens (tertiary/aromatic N) is 2. The molecule has 1 saturated carbocycles. The summed E-state index contributed by atoms with van der Waals surface area (Å²) in [5, 5.41) is 11.1. The van der Waals surface area contributed by atoms with Crippen molar-refractivity contribution in [1.29, 1.82) is 0 Å². The summed E-state index contributed by atoms with van der Waals surface area (Å²) in [5.74, 6) is 1.66. The van der Waals surface area contributed by atoms with Crippen LogP contribution in [-0.2, 0) is 11.2 Å². The van der Waals surface area contributed by atoms with Crippen molar-refractivity contribution in [2.24, 2.45) is 11.3 Å². The zero-order valence-corrected chi connectivity index (χ0v) is 16.6. The van der Waals surface area contributed by atoms with Gasteiger partial charge in [-0.15, -0.1) is 12.4 Å². The fourth-order valence-corrected chi connectivity index (χ4v) is 4.44. The van der Waals surface area contributed by atoms with Gasteiger partial charge in [-0.05, 0) is 37.4 Å². The molecule has 2 aliphatic rings. The zero-order valence-electron chi connectivity index (χ0n) is 15.0. The van der Waals surface area contributed by atoms with Gasteiger partial charge in [-0.3, -0.25) is 4.79 Å². The molecule has 0 radical (unpaired) electrons. The van der Waals surface area contributed by atoms with Gasteiger partial charge in [0, 0.05) is 30.1 Å². The molecule has 1 aliphatic carbocycles. The van der Waals surface area contributed by atoms with Crippen molar-refractivity contribution in [1.82, 2.24) is 20.8 Å². The van der Waals surface area contributed by atoms with E-state index in [1.54, 1.807) is 12.1 Å². The van der Waals surface area contributed by atoms with Crippen LogP contribution >= 0.6 is 24.0 Å². The van der Waals surface area contributed by atoms with E-state index in [0.29, 0.717) is 35.6 Å². The van der Waals surface area contributed by atoms with Crippen LogP contribution in [0.4, 0.5) is 0 Å². The van der Waals surface area contributed by atoms with E-state index in [1.807, 2.05) is 12.1 Å². The minimum Gasteiger partial charge on any atom is -0.355 e. The Balaban J connectivity index is 0.00000210. The SMILES string of the molecule is Cl.O=C(NCCc1nc(-c2cccc(Cl)c2)no1)[C@@]12CCCC[C@H]1CNC2. The Morgan fingerprint density at radius 3 is 3.15 bits per heavy atom. The summed E-state index contributed by atoms with van der Waals surface area (Å²) in [5.41, 5.74) is 0.594. The smallest absolute Gasteiger partial charge is 0.228 e. The molecule has 1 saturated heterocycles. The van der Waals surface area contributed by atoms with Gasteiger partial charge in [-0.25, -0.2) is 0 Å². The molecule has 4 rings (SSSR count). The molecule has 27 heavy (non-hydrogen) atoms. The average Bonchev–Trinajstić information content (AvgIpc) is 3.29. The Hall–Kier alpha value is -1.63. The van der Waals surface area contributed by atoms with Crippen LogP contribution in [0.15, 0.2) is 28.8 Å². The third kappa shape index (κ3) is 4.13. The number of benzene rings is 1. The summed E-state index contributed by atoms with van der Waals surface area (Å²) in [7, 11) is 0. The minimum atomic E-state index is -0.223. The Morgan fingerprint density at radius 2 is 2.30 bits per heavy atom. The number of halogens is 2. The Bertz CT molecular complexity index is 798. The van der Waals surface area contributed by atoms with E-state index in [0.717, 1.165) is 37.9 Å². The molecule has 1 aromatic heterocycles. The lowest BCUT2D eigenvalue weighted by Crippen LogP contribution is -2.48. The number of carbonyl (C=O) groups excluding carboxylic acids is 1. The van der Waals surface area contributed by atoms with E-state index in [-0.39, 0.29) is 23.7 Å². The normalized spacial score (nSPS) is 24.1. The largest absolute Gasteiger partial charge is 0.355 e. The van der Waals surface area contributed by atoms with E-state index < -0.39 is 0 Å². The van der Waals surface area contributed by atoms with Crippen LogP contribution < -0.4 is 10.6 Å². The van der Waals surface area contributed by atoms with Crippen LogP contribution in [0, 0.1) is 11.3 Å². The molecule has 0 spiro atoms. The quantitative estimate of drug-likeness (QED) is 0.790. The number of aromatic nitrogens is 2. The zero-order chi connectivity index (χ0) is 18.0.